The third kappa shape index (κ3) is 7.53. The number of carbonyl (C=O) groups is 3. The topological polar surface area (TPSA) is 51.2 Å². The molecule has 0 saturated carbocycles. The van der Waals surface area contributed by atoms with Crippen LogP contribution in [0, 0.1) is 24.7 Å². The summed E-state index contributed by atoms with van der Waals surface area (Å²) in [6.45, 7) is 11.9. The third-order valence-electron chi connectivity index (χ3n) is 5.76. The fourth-order valence-electron chi connectivity index (χ4n) is 4.69. The highest BCUT2D eigenvalue weighted by Crippen LogP contribution is 2.36. The van der Waals surface area contributed by atoms with Crippen molar-refractivity contribution in [2.45, 2.75) is 92.9 Å². The minimum atomic E-state index is -0.0622. The minimum absolute atomic E-state index is 0.0460. The number of hydrogen-bond donors (Lipinski definition) is 0. The first kappa shape index (κ1) is 25.3. The molecule has 0 heterocycles. The van der Waals surface area contributed by atoms with Gasteiger partial charge < -0.3 is 0 Å². The predicted octanol–water partition coefficient (Wildman–Crippen LogP) is 6.54. The molecule has 3 atom stereocenters. The molecule has 0 amide bonds. The second kappa shape index (κ2) is 12.7. The van der Waals surface area contributed by atoms with Gasteiger partial charge in [0.05, 0.1) is 6.42 Å². The van der Waals surface area contributed by atoms with Crippen molar-refractivity contribution in [3.63, 3.8) is 0 Å². The Kier molecular flexibility index (Phi) is 11.1. The minimum Gasteiger partial charge on any atom is -0.300 e. The number of Topliss-reactive ketones (excluding diaryl/α,β-unsaturated/α-hetero) is 3. The van der Waals surface area contributed by atoms with Gasteiger partial charge in [0, 0.05) is 17.9 Å². The maximum atomic E-state index is 12.7. The van der Waals surface area contributed by atoms with Crippen LogP contribution < -0.4 is 0 Å². The van der Waals surface area contributed by atoms with Crippen LogP contribution in [0.2, 0.25) is 0 Å². The fraction of sp³-hybridized carbons (Fsp3) is 0.654. The molecule has 0 aromatic heterocycles. The van der Waals surface area contributed by atoms with Gasteiger partial charge in [-0.15, -0.1) is 0 Å². The molecule has 3 heteroatoms. The van der Waals surface area contributed by atoms with E-state index in [4.69, 9.17) is 0 Å². The Bertz CT molecular complexity index is 689. The molecule has 0 spiro atoms. The molecule has 0 aliphatic heterocycles. The van der Waals surface area contributed by atoms with Crippen molar-refractivity contribution in [1.29, 1.82) is 0 Å². The van der Waals surface area contributed by atoms with Crippen molar-refractivity contribution in [1.82, 2.24) is 0 Å². The van der Waals surface area contributed by atoms with E-state index in [1.165, 1.54) is 13.3 Å². The van der Waals surface area contributed by atoms with Gasteiger partial charge in [-0.3, -0.25) is 14.4 Å². The molecule has 1 aromatic carbocycles. The highest BCUT2D eigenvalue weighted by Gasteiger charge is 2.32. The number of ketones is 3. The quantitative estimate of drug-likeness (QED) is 0.442. The molecule has 3 nitrogen and oxygen atoms in total. The largest absolute Gasteiger partial charge is 0.300 e. The zero-order chi connectivity index (χ0) is 22.0. The van der Waals surface area contributed by atoms with Crippen LogP contribution in [0.5, 0.6) is 0 Å². The van der Waals surface area contributed by atoms with E-state index in [2.05, 4.69) is 26.8 Å². The molecule has 162 valence electrons. The van der Waals surface area contributed by atoms with Crippen molar-refractivity contribution in [3.05, 3.63) is 34.9 Å². The molecule has 29 heavy (non-hydrogen) atoms. The SMILES string of the molecule is CCC.CCCC(CC1CC(=O)c2c(C)cccc2C1)C(CC)C(=O)CC(C)=O. The molecule has 0 saturated heterocycles. The van der Waals surface area contributed by atoms with E-state index in [1.54, 1.807) is 0 Å². The molecule has 3 unspecified atom stereocenters. The number of carbonyl (C=O) groups excluding carboxylic acids is 3. The molecular formula is C26H40O3. The number of fused-ring (bicyclic) bond motifs is 1. The average Bonchev–Trinajstić information content (AvgIpc) is 2.62. The lowest BCUT2D eigenvalue weighted by molar-refractivity contribution is -0.129. The van der Waals surface area contributed by atoms with Crippen LogP contribution in [-0.2, 0) is 16.0 Å². The van der Waals surface area contributed by atoms with E-state index in [9.17, 15) is 14.4 Å². The number of benzene rings is 1. The molecular weight excluding hydrogens is 360 g/mol. The summed E-state index contributed by atoms with van der Waals surface area (Å²) >= 11 is 0. The Morgan fingerprint density at radius 3 is 2.31 bits per heavy atom. The molecule has 0 N–H and O–H groups in total. The summed E-state index contributed by atoms with van der Waals surface area (Å²) in [5.74, 6) is 0.770. The van der Waals surface area contributed by atoms with Crippen LogP contribution in [0.4, 0.5) is 0 Å². The summed E-state index contributed by atoms with van der Waals surface area (Å²) in [7, 11) is 0. The Morgan fingerprint density at radius 1 is 1.10 bits per heavy atom. The zero-order valence-electron chi connectivity index (χ0n) is 19.3. The molecule has 1 aliphatic rings. The van der Waals surface area contributed by atoms with Crippen molar-refractivity contribution < 1.29 is 14.4 Å². The van der Waals surface area contributed by atoms with Gasteiger partial charge in [-0.05, 0) is 56.1 Å². The Balaban J connectivity index is 0.00000132. The van der Waals surface area contributed by atoms with Crippen LogP contribution in [-0.4, -0.2) is 17.3 Å². The van der Waals surface area contributed by atoms with Gasteiger partial charge in [-0.2, -0.15) is 0 Å². The van der Waals surface area contributed by atoms with Gasteiger partial charge in [-0.25, -0.2) is 0 Å². The van der Waals surface area contributed by atoms with E-state index < -0.39 is 0 Å². The van der Waals surface area contributed by atoms with E-state index in [-0.39, 0.29) is 35.6 Å². The molecule has 1 aromatic rings. The number of aryl methyl sites for hydroxylation is 1. The second-order valence-electron chi connectivity index (χ2n) is 8.66. The number of hydrogen-bond acceptors (Lipinski definition) is 3. The lowest BCUT2D eigenvalue weighted by Gasteiger charge is -2.31. The van der Waals surface area contributed by atoms with Crippen LogP contribution in [0.3, 0.4) is 0 Å². The summed E-state index contributed by atoms with van der Waals surface area (Å²) in [6.07, 6.45) is 6.46. The van der Waals surface area contributed by atoms with Crippen molar-refractivity contribution in [3.8, 4) is 0 Å². The molecule has 1 aliphatic carbocycles. The van der Waals surface area contributed by atoms with Crippen LogP contribution in [0.1, 0.15) is 101 Å². The maximum Gasteiger partial charge on any atom is 0.163 e. The summed E-state index contributed by atoms with van der Waals surface area (Å²) in [4.78, 5) is 36.6. The average molecular weight is 401 g/mol. The van der Waals surface area contributed by atoms with E-state index in [0.29, 0.717) is 12.3 Å². The van der Waals surface area contributed by atoms with Crippen molar-refractivity contribution >= 4 is 17.3 Å². The molecule has 0 radical (unpaired) electrons. The molecule has 0 fully saturated rings. The predicted molar refractivity (Wildman–Crippen MR) is 120 cm³/mol. The highest BCUT2D eigenvalue weighted by molar-refractivity contribution is 6.00. The number of rotatable bonds is 9. The van der Waals surface area contributed by atoms with Crippen LogP contribution in [0.25, 0.3) is 0 Å². The van der Waals surface area contributed by atoms with Gasteiger partial charge in [0.25, 0.3) is 0 Å². The van der Waals surface area contributed by atoms with E-state index >= 15 is 0 Å². The Morgan fingerprint density at radius 2 is 1.76 bits per heavy atom. The molecule has 2 rings (SSSR count). The van der Waals surface area contributed by atoms with Crippen LogP contribution in [0.15, 0.2) is 18.2 Å². The summed E-state index contributed by atoms with van der Waals surface area (Å²) in [5, 5.41) is 0. The maximum absolute atomic E-state index is 12.7. The monoisotopic (exact) mass is 400 g/mol. The van der Waals surface area contributed by atoms with Gasteiger partial charge >= 0.3 is 0 Å². The summed E-state index contributed by atoms with van der Waals surface area (Å²) in [6, 6.07) is 6.10. The smallest absolute Gasteiger partial charge is 0.163 e. The lowest BCUT2D eigenvalue weighted by Crippen LogP contribution is -2.29. The molecule has 0 bridgehead atoms. The van der Waals surface area contributed by atoms with Crippen LogP contribution >= 0.6 is 0 Å². The second-order valence-corrected chi connectivity index (χ2v) is 8.66. The normalized spacial score (nSPS) is 17.6. The summed E-state index contributed by atoms with van der Waals surface area (Å²) < 4.78 is 0. The first-order chi connectivity index (χ1) is 13.8. The van der Waals surface area contributed by atoms with Gasteiger partial charge in [0.2, 0.25) is 0 Å². The highest BCUT2D eigenvalue weighted by atomic mass is 16.1. The third-order valence-corrected chi connectivity index (χ3v) is 5.76. The summed E-state index contributed by atoms with van der Waals surface area (Å²) in [5.41, 5.74) is 3.14. The first-order valence-electron chi connectivity index (χ1n) is 11.4. The Hall–Kier alpha value is -1.77. The van der Waals surface area contributed by atoms with Crippen molar-refractivity contribution in [2.75, 3.05) is 0 Å². The zero-order valence-corrected chi connectivity index (χ0v) is 19.3. The van der Waals surface area contributed by atoms with Crippen molar-refractivity contribution in [2.24, 2.45) is 17.8 Å². The fourth-order valence-corrected chi connectivity index (χ4v) is 4.69. The first-order valence-corrected chi connectivity index (χ1v) is 11.4. The van der Waals surface area contributed by atoms with E-state index in [1.807, 2.05) is 26.0 Å². The van der Waals surface area contributed by atoms with Gasteiger partial charge in [0.15, 0.2) is 5.78 Å². The Labute approximate surface area is 177 Å². The van der Waals surface area contributed by atoms with E-state index in [0.717, 1.165) is 48.8 Å². The standard InChI is InChI=1S/C23H32O3.C3H8/c1-5-8-18(20(6-2)21(25)11-16(4)24)12-17-13-19-10-7-9-15(3)23(19)22(26)14-17;1-3-2/h7,9-10,17-18,20H,5-6,8,11-14H2,1-4H3;3H2,1-2H3. The lowest BCUT2D eigenvalue weighted by atomic mass is 9.72. The van der Waals surface area contributed by atoms with Gasteiger partial charge in [-0.1, -0.05) is 65.2 Å². The van der Waals surface area contributed by atoms with Gasteiger partial charge in [0.1, 0.15) is 11.6 Å².